The summed E-state index contributed by atoms with van der Waals surface area (Å²) in [6, 6.07) is 5.68. The van der Waals surface area contributed by atoms with Crippen LogP contribution in [0, 0.1) is 0 Å². The molecule has 9 nitrogen and oxygen atoms in total. The van der Waals surface area contributed by atoms with Gasteiger partial charge in [-0.3, -0.25) is 4.79 Å². The second-order valence-electron chi connectivity index (χ2n) is 7.12. The molecular formula is C19H21N7O2. The first-order valence-corrected chi connectivity index (χ1v) is 9.65. The summed E-state index contributed by atoms with van der Waals surface area (Å²) in [6.45, 7) is 2.68. The van der Waals surface area contributed by atoms with E-state index in [9.17, 15) is 4.79 Å². The molecule has 1 fully saturated rings. The van der Waals surface area contributed by atoms with Gasteiger partial charge in [0.1, 0.15) is 5.76 Å². The van der Waals surface area contributed by atoms with Gasteiger partial charge in [0.15, 0.2) is 17.3 Å². The third-order valence-electron chi connectivity index (χ3n) is 5.42. The average molecular weight is 379 g/mol. The van der Waals surface area contributed by atoms with Gasteiger partial charge >= 0.3 is 0 Å². The summed E-state index contributed by atoms with van der Waals surface area (Å²) in [5, 5.41) is 16.8. The van der Waals surface area contributed by atoms with Crippen molar-refractivity contribution in [2.75, 3.05) is 31.1 Å². The molecule has 4 heterocycles. The zero-order valence-electron chi connectivity index (χ0n) is 15.5. The predicted octanol–water partition coefficient (Wildman–Crippen LogP) is 1.49. The van der Waals surface area contributed by atoms with Crippen LogP contribution in [0.1, 0.15) is 34.7 Å². The van der Waals surface area contributed by atoms with Crippen molar-refractivity contribution in [2.24, 2.45) is 0 Å². The van der Waals surface area contributed by atoms with Crippen molar-refractivity contribution in [3.05, 3.63) is 47.6 Å². The summed E-state index contributed by atoms with van der Waals surface area (Å²) < 4.78 is 7.07. The smallest absolute Gasteiger partial charge is 0.276 e. The Hall–Kier alpha value is -3.23. The molecule has 3 aromatic heterocycles. The molecule has 3 aromatic rings. The number of aryl methyl sites for hydroxylation is 1. The highest BCUT2D eigenvalue weighted by molar-refractivity contribution is 5.94. The fraction of sp³-hybridized carbons (Fsp3) is 0.421. The largest absolute Gasteiger partial charge is 0.360 e. The van der Waals surface area contributed by atoms with E-state index in [0.29, 0.717) is 37.7 Å². The normalized spacial score (nSPS) is 16.9. The molecule has 1 saturated heterocycles. The molecule has 0 unspecified atom stereocenters. The van der Waals surface area contributed by atoms with Crippen molar-refractivity contribution in [2.45, 2.75) is 25.7 Å². The van der Waals surface area contributed by atoms with Crippen LogP contribution in [0.3, 0.4) is 0 Å². The van der Waals surface area contributed by atoms with Crippen molar-refractivity contribution in [3.63, 3.8) is 0 Å². The lowest BCUT2D eigenvalue weighted by Gasteiger charge is -2.34. The fourth-order valence-electron chi connectivity index (χ4n) is 3.85. The first-order valence-electron chi connectivity index (χ1n) is 9.65. The molecule has 9 heteroatoms. The van der Waals surface area contributed by atoms with Gasteiger partial charge in [-0.05, 0) is 37.5 Å². The second-order valence-corrected chi connectivity index (χ2v) is 7.12. The van der Waals surface area contributed by atoms with E-state index in [-0.39, 0.29) is 5.91 Å². The minimum Gasteiger partial charge on any atom is -0.360 e. The summed E-state index contributed by atoms with van der Waals surface area (Å²) in [4.78, 5) is 16.9. The Labute approximate surface area is 161 Å². The van der Waals surface area contributed by atoms with Gasteiger partial charge in [0.25, 0.3) is 5.91 Å². The highest BCUT2D eigenvalue weighted by Gasteiger charge is 2.29. The number of carbonyl (C=O) groups is 1. The molecule has 1 aliphatic heterocycles. The van der Waals surface area contributed by atoms with Crippen LogP contribution < -0.4 is 4.90 Å². The zero-order valence-corrected chi connectivity index (χ0v) is 15.5. The fourth-order valence-corrected chi connectivity index (χ4v) is 3.85. The molecule has 28 heavy (non-hydrogen) atoms. The molecule has 0 atom stereocenters. The maximum atomic E-state index is 12.9. The molecule has 0 aromatic carbocycles. The maximum absolute atomic E-state index is 12.9. The summed E-state index contributed by atoms with van der Waals surface area (Å²) in [6.07, 6.45) is 7.51. The predicted molar refractivity (Wildman–Crippen MR) is 100 cm³/mol. The van der Waals surface area contributed by atoms with E-state index in [4.69, 9.17) is 4.52 Å². The Bertz CT molecular complexity index is 957. The van der Waals surface area contributed by atoms with E-state index in [1.54, 1.807) is 10.9 Å². The molecule has 5 rings (SSSR count). The first kappa shape index (κ1) is 16.9. The highest BCUT2D eigenvalue weighted by atomic mass is 16.5. The van der Waals surface area contributed by atoms with E-state index >= 15 is 0 Å². The van der Waals surface area contributed by atoms with Crippen LogP contribution in [-0.4, -0.2) is 62.1 Å². The zero-order chi connectivity index (χ0) is 18.9. The Morgan fingerprint density at radius 2 is 1.79 bits per heavy atom. The lowest BCUT2D eigenvalue weighted by molar-refractivity contribution is 0.0735. The number of rotatable bonds is 3. The lowest BCUT2D eigenvalue weighted by atomic mass is 9.96. The molecule has 144 valence electrons. The topological polar surface area (TPSA) is 93.2 Å². The molecule has 0 N–H and O–H groups in total. The van der Waals surface area contributed by atoms with Gasteiger partial charge in [0.05, 0.1) is 0 Å². The van der Waals surface area contributed by atoms with Gasteiger partial charge in [-0.15, -0.1) is 10.2 Å². The minimum absolute atomic E-state index is 0.0216. The summed E-state index contributed by atoms with van der Waals surface area (Å²) in [5.41, 5.74) is 1.52. The highest BCUT2D eigenvalue weighted by Crippen LogP contribution is 2.25. The van der Waals surface area contributed by atoms with Crippen LogP contribution in [0.15, 0.2) is 35.1 Å². The number of fused-ring (bicyclic) bond motifs is 1. The number of anilines is 1. The SMILES string of the molecule is O=C(c1noc2c1CCCC2)N1CCN(c2ccc(-n3cccn3)nn2)CC1. The van der Waals surface area contributed by atoms with Crippen LogP contribution in [0.25, 0.3) is 5.82 Å². The van der Waals surface area contributed by atoms with Crippen molar-refractivity contribution < 1.29 is 9.32 Å². The Balaban J connectivity index is 1.24. The third kappa shape index (κ3) is 3.02. The van der Waals surface area contributed by atoms with Gasteiger partial charge in [-0.1, -0.05) is 5.16 Å². The number of aromatic nitrogens is 5. The molecule has 0 bridgehead atoms. The molecular weight excluding hydrogens is 358 g/mol. The number of amides is 1. The standard InChI is InChI=1S/C19H21N7O2/c27-19(18-14-4-1-2-5-15(14)28-23-18)25-12-10-24(11-13-25)16-6-7-17(22-21-16)26-9-3-8-20-26/h3,6-9H,1-2,4-5,10-13H2. The lowest BCUT2D eigenvalue weighted by Crippen LogP contribution is -2.49. The minimum atomic E-state index is -0.0216. The number of hydrogen-bond donors (Lipinski definition) is 0. The number of carbonyl (C=O) groups excluding carboxylic acids is 1. The van der Waals surface area contributed by atoms with E-state index in [1.807, 2.05) is 29.3 Å². The van der Waals surface area contributed by atoms with Gasteiger partial charge < -0.3 is 14.3 Å². The number of nitrogens with zero attached hydrogens (tertiary/aromatic N) is 7. The van der Waals surface area contributed by atoms with E-state index in [0.717, 1.165) is 42.8 Å². The van der Waals surface area contributed by atoms with Gasteiger partial charge in [-0.25, -0.2) is 4.68 Å². The first-order chi connectivity index (χ1) is 13.8. The third-order valence-corrected chi connectivity index (χ3v) is 5.42. The second kappa shape index (κ2) is 7.06. The van der Waals surface area contributed by atoms with Crippen LogP contribution in [0.4, 0.5) is 5.82 Å². The van der Waals surface area contributed by atoms with Gasteiger partial charge in [-0.2, -0.15) is 5.10 Å². The van der Waals surface area contributed by atoms with Crippen molar-refractivity contribution >= 4 is 11.7 Å². The average Bonchev–Trinajstić information content (AvgIpc) is 3.44. The van der Waals surface area contributed by atoms with Crippen LogP contribution in [0.5, 0.6) is 0 Å². The number of hydrogen-bond acceptors (Lipinski definition) is 7. The molecule has 1 amide bonds. The quantitative estimate of drug-likeness (QED) is 0.681. The molecule has 0 radical (unpaired) electrons. The summed E-state index contributed by atoms with van der Waals surface area (Å²) in [7, 11) is 0. The van der Waals surface area contributed by atoms with E-state index in [1.165, 1.54) is 0 Å². The molecule has 0 saturated carbocycles. The monoisotopic (exact) mass is 379 g/mol. The summed E-state index contributed by atoms with van der Waals surface area (Å²) in [5.74, 6) is 2.35. The van der Waals surface area contributed by atoms with Crippen LogP contribution in [0.2, 0.25) is 0 Å². The van der Waals surface area contributed by atoms with E-state index < -0.39 is 0 Å². The number of piperazine rings is 1. The molecule has 2 aliphatic rings. The maximum Gasteiger partial charge on any atom is 0.276 e. The Morgan fingerprint density at radius 3 is 2.54 bits per heavy atom. The van der Waals surface area contributed by atoms with Gasteiger partial charge in [0.2, 0.25) is 0 Å². The van der Waals surface area contributed by atoms with Crippen molar-refractivity contribution in [3.8, 4) is 5.82 Å². The Morgan fingerprint density at radius 1 is 1.00 bits per heavy atom. The summed E-state index contributed by atoms with van der Waals surface area (Å²) >= 11 is 0. The molecule has 1 aliphatic carbocycles. The van der Waals surface area contributed by atoms with Gasteiger partial charge in [0, 0.05) is 50.6 Å². The van der Waals surface area contributed by atoms with Crippen molar-refractivity contribution in [1.29, 1.82) is 0 Å². The molecule has 0 spiro atoms. The Kier molecular flexibility index (Phi) is 4.27. The van der Waals surface area contributed by atoms with E-state index in [2.05, 4.69) is 25.4 Å². The van der Waals surface area contributed by atoms with Crippen LogP contribution >= 0.6 is 0 Å². The van der Waals surface area contributed by atoms with Crippen LogP contribution in [-0.2, 0) is 12.8 Å². The van der Waals surface area contributed by atoms with Crippen molar-refractivity contribution in [1.82, 2.24) is 30.0 Å².